The molecule has 0 saturated carbocycles. The molecule has 1 heteroatoms. The zero-order valence-corrected chi connectivity index (χ0v) is 11.4. The van der Waals surface area contributed by atoms with Crippen LogP contribution in [0.4, 0.5) is 0 Å². The van der Waals surface area contributed by atoms with Gasteiger partial charge in [-0.15, -0.1) is 0 Å². The first-order valence-corrected chi connectivity index (χ1v) is 6.44. The Hall–Kier alpha value is -1.60. The van der Waals surface area contributed by atoms with Crippen LogP contribution in [0, 0.1) is 20.8 Å². The van der Waals surface area contributed by atoms with E-state index in [9.17, 15) is 0 Å². The van der Waals surface area contributed by atoms with Gasteiger partial charge in [-0.3, -0.25) is 0 Å². The van der Waals surface area contributed by atoms with Gasteiger partial charge in [0.2, 0.25) is 0 Å². The third kappa shape index (κ3) is 2.99. The molecule has 18 heavy (non-hydrogen) atoms. The number of hydrogen-bond acceptors (Lipinski definition) is 1. The molecule has 0 spiro atoms. The zero-order valence-electron chi connectivity index (χ0n) is 11.4. The van der Waals surface area contributed by atoms with Gasteiger partial charge in [0.25, 0.3) is 0 Å². The van der Waals surface area contributed by atoms with E-state index in [0.717, 1.165) is 6.42 Å². The number of benzene rings is 2. The highest BCUT2D eigenvalue weighted by Crippen LogP contribution is 2.19. The summed E-state index contributed by atoms with van der Waals surface area (Å²) in [6.45, 7) is 6.39. The molecule has 0 radical (unpaired) electrons. The maximum Gasteiger partial charge on any atom is 0.0335 e. The molecule has 0 fully saturated rings. The van der Waals surface area contributed by atoms with Crippen LogP contribution >= 0.6 is 0 Å². The Balaban J connectivity index is 2.16. The summed E-state index contributed by atoms with van der Waals surface area (Å²) in [7, 11) is 0. The largest absolute Gasteiger partial charge is 0.324 e. The number of hydrogen-bond donors (Lipinski definition) is 1. The van der Waals surface area contributed by atoms with Gasteiger partial charge in [0.15, 0.2) is 0 Å². The minimum Gasteiger partial charge on any atom is -0.324 e. The van der Waals surface area contributed by atoms with Crippen molar-refractivity contribution in [3.05, 3.63) is 70.3 Å². The van der Waals surface area contributed by atoms with Gasteiger partial charge in [-0.2, -0.15) is 0 Å². The van der Waals surface area contributed by atoms with E-state index in [4.69, 9.17) is 5.73 Å². The van der Waals surface area contributed by atoms with Crippen LogP contribution in [0.3, 0.4) is 0 Å². The molecule has 0 aliphatic heterocycles. The first-order valence-electron chi connectivity index (χ1n) is 6.44. The first-order chi connectivity index (χ1) is 8.56. The van der Waals surface area contributed by atoms with E-state index in [2.05, 4.69) is 63.2 Å². The van der Waals surface area contributed by atoms with Crippen molar-refractivity contribution in [2.75, 3.05) is 0 Å². The molecule has 2 rings (SSSR count). The predicted octanol–water partition coefficient (Wildman–Crippen LogP) is 3.85. The Labute approximate surface area is 110 Å². The minimum absolute atomic E-state index is 0.0759. The lowest BCUT2D eigenvalue weighted by Gasteiger charge is -2.14. The number of nitrogens with two attached hydrogens (primary N) is 1. The summed E-state index contributed by atoms with van der Waals surface area (Å²) in [5.41, 5.74) is 12.8. The average Bonchev–Trinajstić information content (AvgIpc) is 2.34. The lowest BCUT2D eigenvalue weighted by Crippen LogP contribution is -2.13. The Morgan fingerprint density at radius 1 is 0.944 bits per heavy atom. The molecule has 0 aromatic heterocycles. The topological polar surface area (TPSA) is 26.0 Å². The summed E-state index contributed by atoms with van der Waals surface area (Å²) in [4.78, 5) is 0. The van der Waals surface area contributed by atoms with Crippen molar-refractivity contribution in [1.29, 1.82) is 0 Å². The Bertz CT molecular complexity index is 543. The van der Waals surface area contributed by atoms with Gasteiger partial charge in [-0.05, 0) is 49.4 Å². The molecule has 0 saturated heterocycles. The second kappa shape index (κ2) is 5.36. The summed E-state index contributed by atoms with van der Waals surface area (Å²) < 4.78 is 0. The van der Waals surface area contributed by atoms with Gasteiger partial charge in [-0.1, -0.05) is 48.0 Å². The molecular formula is C17H21N. The van der Waals surface area contributed by atoms with Crippen LogP contribution in [0.25, 0.3) is 0 Å². The van der Waals surface area contributed by atoms with Crippen LogP contribution in [0.2, 0.25) is 0 Å². The van der Waals surface area contributed by atoms with E-state index in [0.29, 0.717) is 0 Å². The fraction of sp³-hybridized carbons (Fsp3) is 0.294. The molecule has 0 amide bonds. The van der Waals surface area contributed by atoms with Crippen molar-refractivity contribution < 1.29 is 0 Å². The van der Waals surface area contributed by atoms with Crippen LogP contribution in [-0.2, 0) is 6.42 Å². The second-order valence-electron chi connectivity index (χ2n) is 5.14. The highest BCUT2D eigenvalue weighted by molar-refractivity contribution is 5.32. The van der Waals surface area contributed by atoms with E-state index in [1.54, 1.807) is 0 Å². The van der Waals surface area contributed by atoms with Crippen LogP contribution in [0.1, 0.15) is 33.9 Å². The molecule has 0 heterocycles. The monoisotopic (exact) mass is 239 g/mol. The summed E-state index contributed by atoms with van der Waals surface area (Å²) in [6.07, 6.45) is 0.893. The quantitative estimate of drug-likeness (QED) is 0.865. The molecule has 2 aromatic carbocycles. The predicted molar refractivity (Wildman–Crippen MR) is 77.7 cm³/mol. The van der Waals surface area contributed by atoms with Gasteiger partial charge in [0.05, 0.1) is 0 Å². The van der Waals surface area contributed by atoms with Crippen molar-refractivity contribution in [1.82, 2.24) is 0 Å². The van der Waals surface area contributed by atoms with E-state index < -0.39 is 0 Å². The maximum absolute atomic E-state index is 6.28. The maximum atomic E-state index is 6.28. The van der Waals surface area contributed by atoms with Crippen molar-refractivity contribution in [2.24, 2.45) is 5.73 Å². The second-order valence-corrected chi connectivity index (χ2v) is 5.14. The van der Waals surface area contributed by atoms with E-state index >= 15 is 0 Å². The number of rotatable bonds is 3. The molecule has 1 unspecified atom stereocenters. The molecule has 2 N–H and O–H groups in total. The van der Waals surface area contributed by atoms with E-state index in [-0.39, 0.29) is 6.04 Å². The zero-order chi connectivity index (χ0) is 13.1. The van der Waals surface area contributed by atoms with Gasteiger partial charge in [-0.25, -0.2) is 0 Å². The Morgan fingerprint density at radius 2 is 1.72 bits per heavy atom. The highest BCUT2D eigenvalue weighted by Gasteiger charge is 2.07. The smallest absolute Gasteiger partial charge is 0.0335 e. The molecule has 1 nitrogen and oxygen atoms in total. The minimum atomic E-state index is 0.0759. The van der Waals surface area contributed by atoms with Crippen molar-refractivity contribution in [3.8, 4) is 0 Å². The summed E-state index contributed by atoms with van der Waals surface area (Å²) in [5, 5.41) is 0. The lowest BCUT2D eigenvalue weighted by molar-refractivity contribution is 0.720. The van der Waals surface area contributed by atoms with Gasteiger partial charge < -0.3 is 5.73 Å². The van der Waals surface area contributed by atoms with E-state index in [1.807, 2.05) is 0 Å². The standard InChI is InChI=1S/C17H21N/c1-12-5-4-6-16(9-12)17(18)11-15-8-7-13(2)14(3)10-15/h4-10,17H,11,18H2,1-3H3. The fourth-order valence-electron chi connectivity index (χ4n) is 2.20. The lowest BCUT2D eigenvalue weighted by atomic mass is 9.96. The van der Waals surface area contributed by atoms with Crippen molar-refractivity contribution in [3.63, 3.8) is 0 Å². The Kier molecular flexibility index (Phi) is 3.83. The fourth-order valence-corrected chi connectivity index (χ4v) is 2.20. The third-order valence-electron chi connectivity index (χ3n) is 3.50. The highest BCUT2D eigenvalue weighted by atomic mass is 14.6. The summed E-state index contributed by atoms with van der Waals surface area (Å²) in [6, 6.07) is 15.1. The van der Waals surface area contributed by atoms with Crippen LogP contribution in [-0.4, -0.2) is 0 Å². The van der Waals surface area contributed by atoms with Crippen LogP contribution in [0.5, 0.6) is 0 Å². The van der Waals surface area contributed by atoms with Gasteiger partial charge in [0.1, 0.15) is 0 Å². The first kappa shape index (κ1) is 12.8. The van der Waals surface area contributed by atoms with Crippen LogP contribution in [0.15, 0.2) is 42.5 Å². The SMILES string of the molecule is Cc1cccc(C(N)Cc2ccc(C)c(C)c2)c1. The average molecular weight is 239 g/mol. The number of aryl methyl sites for hydroxylation is 3. The van der Waals surface area contributed by atoms with E-state index in [1.165, 1.54) is 27.8 Å². The van der Waals surface area contributed by atoms with Crippen molar-refractivity contribution in [2.45, 2.75) is 33.2 Å². The molecule has 1 atom stereocenters. The molecule has 0 aliphatic carbocycles. The van der Waals surface area contributed by atoms with Gasteiger partial charge >= 0.3 is 0 Å². The molecule has 94 valence electrons. The summed E-state index contributed by atoms with van der Waals surface area (Å²) in [5.74, 6) is 0. The van der Waals surface area contributed by atoms with Gasteiger partial charge in [0, 0.05) is 6.04 Å². The molecule has 0 bridgehead atoms. The third-order valence-corrected chi connectivity index (χ3v) is 3.50. The van der Waals surface area contributed by atoms with Crippen molar-refractivity contribution >= 4 is 0 Å². The summed E-state index contributed by atoms with van der Waals surface area (Å²) >= 11 is 0. The molecular weight excluding hydrogens is 218 g/mol. The normalized spacial score (nSPS) is 12.4. The Morgan fingerprint density at radius 3 is 2.39 bits per heavy atom. The molecule has 2 aromatic rings. The van der Waals surface area contributed by atoms with Crippen LogP contribution < -0.4 is 5.73 Å². The molecule has 0 aliphatic rings.